The van der Waals surface area contributed by atoms with E-state index in [1.807, 2.05) is 24.4 Å². The number of rotatable bonds is 6. The van der Waals surface area contributed by atoms with Gasteiger partial charge in [-0.2, -0.15) is 0 Å². The van der Waals surface area contributed by atoms with Crippen LogP contribution in [0.4, 0.5) is 5.69 Å². The van der Waals surface area contributed by atoms with Crippen LogP contribution in [0.25, 0.3) is 20.8 Å². The van der Waals surface area contributed by atoms with Gasteiger partial charge in [0, 0.05) is 5.75 Å². The zero-order chi connectivity index (χ0) is 26.9. The zero-order valence-electron chi connectivity index (χ0n) is 20.2. The summed E-state index contributed by atoms with van der Waals surface area (Å²) in [6.45, 7) is 16.9. The molecule has 2 N–H and O–H groups in total. The van der Waals surface area contributed by atoms with Gasteiger partial charge in [0.1, 0.15) is 9.04 Å². The van der Waals surface area contributed by atoms with Crippen LogP contribution in [0.5, 0.6) is 0 Å². The van der Waals surface area contributed by atoms with Crippen molar-refractivity contribution in [3.05, 3.63) is 95.6 Å². The second-order valence-corrected chi connectivity index (χ2v) is 10.1. The third-order valence-electron chi connectivity index (χ3n) is 3.96. The Morgan fingerprint density at radius 3 is 2.28 bits per heavy atom. The highest BCUT2D eigenvalue weighted by Gasteiger charge is 2.23. The maximum absolute atomic E-state index is 12.5. The fraction of sp³-hybridized carbons (Fsp3) is 0.179. The molecule has 3 heterocycles. The molecule has 0 saturated carbocycles. The minimum atomic E-state index is -1.19. The summed E-state index contributed by atoms with van der Waals surface area (Å²) < 4.78 is 18.2. The van der Waals surface area contributed by atoms with Crippen molar-refractivity contribution in [2.24, 2.45) is 0 Å². The summed E-state index contributed by atoms with van der Waals surface area (Å²) in [5.74, 6) is 0.0915. The van der Waals surface area contributed by atoms with Gasteiger partial charge in [-0.3, -0.25) is 4.21 Å². The van der Waals surface area contributed by atoms with Crippen molar-refractivity contribution in [2.45, 2.75) is 24.5 Å². The molecule has 36 heavy (non-hydrogen) atoms. The van der Waals surface area contributed by atoms with Gasteiger partial charge in [0.25, 0.3) is 0 Å². The molecule has 0 aliphatic rings. The van der Waals surface area contributed by atoms with E-state index in [-0.39, 0.29) is 6.61 Å². The van der Waals surface area contributed by atoms with E-state index in [9.17, 15) is 9.00 Å². The van der Waals surface area contributed by atoms with E-state index in [0.29, 0.717) is 37.1 Å². The summed E-state index contributed by atoms with van der Waals surface area (Å²) in [5, 5.41) is 2.50. The molecule has 0 bridgehead atoms. The molecule has 0 saturated heterocycles. The van der Waals surface area contributed by atoms with Gasteiger partial charge < -0.3 is 10.5 Å². The number of carbonyl (C=O) groups excluding carboxylic acids is 1. The van der Waals surface area contributed by atoms with E-state index in [1.165, 1.54) is 11.3 Å². The van der Waals surface area contributed by atoms with Crippen LogP contribution in [-0.2, 0) is 15.5 Å². The van der Waals surface area contributed by atoms with Crippen LogP contribution in [0, 0.1) is 0 Å². The molecule has 0 fully saturated rings. The lowest BCUT2D eigenvalue weighted by atomic mass is 10.1. The summed E-state index contributed by atoms with van der Waals surface area (Å²) in [4.78, 5) is 18.7. The molecule has 0 amide bonds. The Morgan fingerprint density at radius 1 is 1.11 bits per heavy atom. The molecule has 8 heteroatoms. The summed E-state index contributed by atoms with van der Waals surface area (Å²) in [5.41, 5.74) is 24.3. The topological polar surface area (TPSA) is 82.3 Å². The molecule has 3 rings (SSSR count). The van der Waals surface area contributed by atoms with E-state index < -0.39 is 16.8 Å². The Bertz CT molecular complexity index is 1440. The smallest absolute Gasteiger partial charge is 0.338 e. The molecule has 3 aromatic rings. The Hall–Kier alpha value is -3.83. The van der Waals surface area contributed by atoms with Gasteiger partial charge in [-0.05, 0) is 74.4 Å². The van der Waals surface area contributed by atoms with Crippen molar-refractivity contribution in [1.82, 2.24) is 4.98 Å². The number of hydrogen-bond donors (Lipinski definition) is 1. The largest absolute Gasteiger partial charge is 0.462 e. The number of pyridine rings is 1. The van der Waals surface area contributed by atoms with Gasteiger partial charge >= 0.3 is 5.97 Å². The monoisotopic (exact) mass is 534 g/mol. The lowest BCUT2D eigenvalue weighted by molar-refractivity contribution is 0.0528. The highest BCUT2D eigenvalue weighted by molar-refractivity contribution is 7.87. The first-order chi connectivity index (χ1) is 17.4. The summed E-state index contributed by atoms with van der Waals surface area (Å²) in [7, 11) is -1.19. The van der Waals surface area contributed by atoms with Crippen LogP contribution in [0.15, 0.2) is 94.2 Å². The standard InChI is InChI=1S/C17H18N2O3S3.C7H4.C4H4/c1-3-8-25(21)17-14(18)13-10(16(20)22-4-2)9-11(19-15(13)24-17)12-6-5-7-23-12;1-3-5-7-6-4-2;1-3-4-2/h5-7,9H,3-4,8,18H2,1-2H3;1-2H2;1-2H2. The predicted molar refractivity (Wildman–Crippen MR) is 152 cm³/mol. The number of nitrogens with two attached hydrogens (primary N) is 1. The third kappa shape index (κ3) is 8.75. The molecule has 0 spiro atoms. The zero-order valence-corrected chi connectivity index (χ0v) is 22.7. The second-order valence-electron chi connectivity index (χ2n) is 6.37. The number of fused-ring (bicyclic) bond motifs is 1. The van der Waals surface area contributed by atoms with Crippen LogP contribution >= 0.6 is 22.7 Å². The van der Waals surface area contributed by atoms with E-state index >= 15 is 0 Å². The number of nitrogens with zero attached hydrogens (tertiary/aromatic N) is 1. The second kappa shape index (κ2) is 16.7. The van der Waals surface area contributed by atoms with E-state index in [0.717, 1.165) is 11.3 Å². The lowest BCUT2D eigenvalue weighted by Gasteiger charge is -2.06. The minimum Gasteiger partial charge on any atom is -0.462 e. The number of carbonyl (C=O) groups is 1. The summed E-state index contributed by atoms with van der Waals surface area (Å²) in [6, 6.07) is 5.59. The third-order valence-corrected chi connectivity index (χ3v) is 7.96. The fourth-order valence-electron chi connectivity index (χ4n) is 2.59. The summed E-state index contributed by atoms with van der Waals surface area (Å²) >= 11 is 2.84. The van der Waals surface area contributed by atoms with Gasteiger partial charge in [-0.1, -0.05) is 35.9 Å². The van der Waals surface area contributed by atoms with Crippen molar-refractivity contribution in [3.63, 3.8) is 0 Å². The molecule has 0 aliphatic carbocycles. The maximum Gasteiger partial charge on any atom is 0.338 e. The Balaban J connectivity index is 0.000000496. The highest BCUT2D eigenvalue weighted by atomic mass is 32.2. The Labute approximate surface area is 222 Å². The van der Waals surface area contributed by atoms with Crippen molar-refractivity contribution in [3.8, 4) is 10.6 Å². The van der Waals surface area contributed by atoms with E-state index in [2.05, 4.69) is 71.4 Å². The number of thiophene rings is 2. The summed E-state index contributed by atoms with van der Waals surface area (Å²) in [6.07, 6.45) is 0.791. The molecule has 184 valence electrons. The quantitative estimate of drug-likeness (QED) is 0.272. The molecule has 0 aliphatic heterocycles. The van der Waals surface area contributed by atoms with Crippen molar-refractivity contribution < 1.29 is 13.7 Å². The Kier molecular flexibility index (Phi) is 14.0. The minimum absolute atomic E-state index is 0.273. The molecular formula is C28H26N2O3S3. The molecule has 1 atom stereocenters. The molecular weight excluding hydrogens is 509 g/mol. The number of anilines is 1. The molecule has 0 aromatic carbocycles. The van der Waals surface area contributed by atoms with Gasteiger partial charge in [0.2, 0.25) is 0 Å². The predicted octanol–water partition coefficient (Wildman–Crippen LogP) is 6.99. The normalized spacial score (nSPS) is 9.61. The van der Waals surface area contributed by atoms with Crippen LogP contribution < -0.4 is 5.73 Å². The van der Waals surface area contributed by atoms with E-state index in [1.54, 1.807) is 24.3 Å². The number of aromatic nitrogens is 1. The van der Waals surface area contributed by atoms with E-state index in [4.69, 9.17) is 10.5 Å². The first-order valence-electron chi connectivity index (χ1n) is 10.6. The first-order valence-corrected chi connectivity index (χ1v) is 13.6. The molecule has 1 unspecified atom stereocenters. The van der Waals surface area contributed by atoms with Crippen molar-refractivity contribution >= 4 is 55.3 Å². The SMILES string of the molecule is C=C=C=C.C=C=C=C=C=C=C.CCCS(=O)c1sc2nc(-c3cccs3)cc(C(=O)OCC)c2c1N. The average molecular weight is 535 g/mol. The van der Waals surface area contributed by atoms with Crippen LogP contribution in [0.3, 0.4) is 0 Å². The number of esters is 1. The van der Waals surface area contributed by atoms with Crippen LogP contribution in [-0.4, -0.2) is 27.5 Å². The van der Waals surface area contributed by atoms with Gasteiger partial charge in [0.05, 0.1) is 44.6 Å². The van der Waals surface area contributed by atoms with Crippen molar-refractivity contribution in [1.29, 1.82) is 0 Å². The van der Waals surface area contributed by atoms with Crippen molar-refractivity contribution in [2.75, 3.05) is 18.1 Å². The fourth-order valence-corrected chi connectivity index (χ4v) is 5.89. The van der Waals surface area contributed by atoms with Gasteiger partial charge in [-0.15, -0.1) is 22.7 Å². The number of ether oxygens (including phenoxy) is 1. The molecule has 5 nitrogen and oxygen atoms in total. The Morgan fingerprint density at radius 2 is 1.78 bits per heavy atom. The molecule has 3 aromatic heterocycles. The van der Waals surface area contributed by atoms with Crippen LogP contribution in [0.1, 0.15) is 30.6 Å². The van der Waals surface area contributed by atoms with Gasteiger partial charge in [0.15, 0.2) is 0 Å². The maximum atomic E-state index is 12.5. The number of hydrogen-bond acceptors (Lipinski definition) is 7. The molecule has 0 radical (unpaired) electrons. The first kappa shape index (κ1) is 30.2. The average Bonchev–Trinajstić information content (AvgIpc) is 3.53. The lowest BCUT2D eigenvalue weighted by Crippen LogP contribution is -2.07. The van der Waals surface area contributed by atoms with Crippen LogP contribution in [0.2, 0.25) is 0 Å². The van der Waals surface area contributed by atoms with Gasteiger partial charge in [-0.25, -0.2) is 9.78 Å². The highest BCUT2D eigenvalue weighted by Crippen LogP contribution is 2.39. The number of nitrogen functional groups attached to an aromatic ring is 1.